The third-order valence-corrected chi connectivity index (χ3v) is 7.05. The maximum Gasteiger partial charge on any atom is 0.217 e. The number of nitrogens with zero attached hydrogens (tertiary/aromatic N) is 2. The zero-order valence-electron chi connectivity index (χ0n) is 21.8. The van der Waals surface area contributed by atoms with Gasteiger partial charge in [0.1, 0.15) is 13.1 Å². The molecule has 1 heterocycles. The molecule has 4 heteroatoms. The van der Waals surface area contributed by atoms with Gasteiger partial charge in [-0.3, -0.25) is 9.28 Å². The summed E-state index contributed by atoms with van der Waals surface area (Å²) in [6.07, 6.45) is 26.3. The number of likely N-dealkylation sites (N-methyl/N-ethyl adjacent to an activating group) is 1. The van der Waals surface area contributed by atoms with Gasteiger partial charge in [0.2, 0.25) is 5.91 Å². The largest absolute Gasteiger partial charge is 0.351 e. The molecule has 186 valence electrons. The molecule has 0 aromatic heterocycles. The second kappa shape index (κ2) is 19.3. The number of rotatable bonds is 21. The molecule has 0 radical (unpaired) electrons. The Morgan fingerprint density at radius 2 is 1.44 bits per heavy atom. The minimum atomic E-state index is 0.0709. The zero-order chi connectivity index (χ0) is 23.3. The molecule has 1 amide bonds. The fourth-order valence-electron chi connectivity index (χ4n) is 4.86. The molecule has 0 spiro atoms. The summed E-state index contributed by atoms with van der Waals surface area (Å²) in [5.41, 5.74) is 0. The lowest BCUT2D eigenvalue weighted by Crippen LogP contribution is -2.54. The van der Waals surface area contributed by atoms with Crippen molar-refractivity contribution in [3.63, 3.8) is 0 Å². The van der Waals surface area contributed by atoms with Crippen molar-refractivity contribution in [1.29, 1.82) is 0 Å². The highest BCUT2D eigenvalue weighted by Gasteiger charge is 2.35. The summed E-state index contributed by atoms with van der Waals surface area (Å²) >= 11 is 0. The summed E-state index contributed by atoms with van der Waals surface area (Å²) in [5, 5.41) is 2.96. The topological polar surface area (TPSA) is 41.5 Å². The lowest BCUT2D eigenvalue weighted by molar-refractivity contribution is -0.833. The molecule has 0 fully saturated rings. The van der Waals surface area contributed by atoms with Crippen LogP contribution in [0.4, 0.5) is 0 Å². The first-order chi connectivity index (χ1) is 15.6. The number of hydrogen-bond donors (Lipinski definition) is 1. The molecule has 1 rings (SSSR count). The van der Waals surface area contributed by atoms with E-state index >= 15 is 0 Å². The number of carbonyl (C=O) groups is 1. The predicted octanol–water partition coefficient (Wildman–Crippen LogP) is 7.19. The van der Waals surface area contributed by atoms with E-state index in [-0.39, 0.29) is 5.91 Å². The van der Waals surface area contributed by atoms with Crippen LogP contribution in [0.5, 0.6) is 0 Å². The van der Waals surface area contributed by atoms with E-state index in [9.17, 15) is 4.79 Å². The minimum Gasteiger partial charge on any atom is -0.351 e. The van der Waals surface area contributed by atoms with Crippen LogP contribution in [0.15, 0.2) is 17.1 Å². The lowest BCUT2D eigenvalue weighted by Gasteiger charge is -2.33. The second-order valence-corrected chi connectivity index (χ2v) is 9.73. The Balaban J connectivity index is 1.96. The van der Waals surface area contributed by atoms with E-state index in [0.717, 1.165) is 43.6 Å². The van der Waals surface area contributed by atoms with E-state index in [2.05, 4.69) is 31.3 Å². The summed E-state index contributed by atoms with van der Waals surface area (Å²) < 4.78 is 0.994. The SMILES string of the molecule is CCCCCCC/C=C/CCCCCCCCCCC1=NCC[N+]1(CC)CCNC(C)=O. The summed E-state index contributed by atoms with van der Waals surface area (Å²) in [6, 6.07) is 0. The van der Waals surface area contributed by atoms with E-state index in [1.54, 1.807) is 6.92 Å². The van der Waals surface area contributed by atoms with Crippen LogP contribution in [-0.4, -0.2) is 48.9 Å². The highest BCUT2D eigenvalue weighted by molar-refractivity contribution is 5.77. The summed E-state index contributed by atoms with van der Waals surface area (Å²) in [5.74, 6) is 1.45. The standard InChI is InChI=1S/C28H53N3O/c1-4-6-7-8-9-10-11-12-13-14-15-16-17-18-19-20-21-22-28-30-24-26-31(28,5-2)25-23-29-27(3)32/h11-12H,4-10,13-26H2,1-3H3/p+1/b12-11+. The molecular weight excluding hydrogens is 394 g/mol. The van der Waals surface area contributed by atoms with Crippen LogP contribution in [0.1, 0.15) is 124 Å². The second-order valence-electron chi connectivity index (χ2n) is 9.73. The van der Waals surface area contributed by atoms with E-state index in [1.807, 2.05) is 0 Å². The van der Waals surface area contributed by atoms with Gasteiger partial charge < -0.3 is 5.32 Å². The van der Waals surface area contributed by atoms with Crippen LogP contribution < -0.4 is 5.32 Å². The first-order valence-electron chi connectivity index (χ1n) is 13.9. The number of unbranched alkanes of at least 4 members (excludes halogenated alkanes) is 13. The number of carbonyl (C=O) groups excluding carboxylic acids is 1. The fraction of sp³-hybridized carbons (Fsp3) is 0.857. The first kappa shape index (κ1) is 28.9. The Morgan fingerprint density at radius 1 is 0.875 bits per heavy atom. The Hall–Kier alpha value is -1.16. The van der Waals surface area contributed by atoms with Crippen molar-refractivity contribution in [3.8, 4) is 0 Å². The fourth-order valence-corrected chi connectivity index (χ4v) is 4.86. The number of nitrogens with one attached hydrogen (secondary N) is 1. The quantitative estimate of drug-likeness (QED) is 0.113. The van der Waals surface area contributed by atoms with Gasteiger partial charge >= 0.3 is 0 Å². The van der Waals surface area contributed by atoms with Crippen molar-refractivity contribution in [1.82, 2.24) is 5.32 Å². The molecule has 32 heavy (non-hydrogen) atoms. The maximum absolute atomic E-state index is 11.2. The monoisotopic (exact) mass is 448 g/mol. The Morgan fingerprint density at radius 3 is 2.00 bits per heavy atom. The van der Waals surface area contributed by atoms with Gasteiger partial charge in [0.05, 0.1) is 19.6 Å². The number of aliphatic imine (C=N–C) groups is 1. The lowest BCUT2D eigenvalue weighted by atomic mass is 10.1. The molecular formula is C28H54N3O+. The molecule has 0 bridgehead atoms. The van der Waals surface area contributed by atoms with Crippen molar-refractivity contribution in [3.05, 3.63) is 12.2 Å². The predicted molar refractivity (Wildman–Crippen MR) is 140 cm³/mol. The Kier molecular flexibility index (Phi) is 17.4. The van der Waals surface area contributed by atoms with Crippen LogP contribution in [0.3, 0.4) is 0 Å². The van der Waals surface area contributed by atoms with E-state index in [1.165, 1.54) is 102 Å². The Bertz CT molecular complexity index is 529. The first-order valence-corrected chi connectivity index (χ1v) is 13.9. The molecule has 0 saturated carbocycles. The van der Waals surface area contributed by atoms with E-state index < -0.39 is 0 Å². The van der Waals surface area contributed by atoms with Crippen LogP contribution in [0, 0.1) is 0 Å². The van der Waals surface area contributed by atoms with Gasteiger partial charge in [0.25, 0.3) is 0 Å². The minimum absolute atomic E-state index is 0.0709. The molecule has 1 N–H and O–H groups in total. The molecule has 1 unspecified atom stereocenters. The van der Waals surface area contributed by atoms with E-state index in [0.29, 0.717) is 0 Å². The highest BCUT2D eigenvalue weighted by Crippen LogP contribution is 2.20. The van der Waals surface area contributed by atoms with Crippen LogP contribution in [0.25, 0.3) is 0 Å². The number of hydrogen-bond acceptors (Lipinski definition) is 2. The third kappa shape index (κ3) is 13.4. The van der Waals surface area contributed by atoms with Gasteiger partial charge in [0.15, 0.2) is 5.84 Å². The van der Waals surface area contributed by atoms with Gasteiger partial charge in [-0.2, -0.15) is 0 Å². The summed E-state index contributed by atoms with van der Waals surface area (Å²) in [4.78, 5) is 16.0. The van der Waals surface area contributed by atoms with Crippen LogP contribution in [-0.2, 0) is 4.79 Å². The highest BCUT2D eigenvalue weighted by atomic mass is 16.1. The third-order valence-electron chi connectivity index (χ3n) is 7.05. The summed E-state index contributed by atoms with van der Waals surface area (Å²) in [7, 11) is 0. The maximum atomic E-state index is 11.2. The van der Waals surface area contributed by atoms with Gasteiger partial charge in [-0.25, -0.2) is 4.99 Å². The van der Waals surface area contributed by atoms with Gasteiger partial charge in [-0.05, 0) is 39.0 Å². The molecule has 1 atom stereocenters. The average molecular weight is 449 g/mol. The molecule has 0 saturated heterocycles. The van der Waals surface area contributed by atoms with Crippen molar-refractivity contribution in [2.75, 3.05) is 32.7 Å². The molecule has 1 aliphatic heterocycles. The smallest absolute Gasteiger partial charge is 0.217 e. The summed E-state index contributed by atoms with van der Waals surface area (Å²) in [6.45, 7) is 11.0. The average Bonchev–Trinajstić information content (AvgIpc) is 3.18. The molecule has 0 aromatic rings. The van der Waals surface area contributed by atoms with Crippen molar-refractivity contribution < 1.29 is 9.28 Å². The zero-order valence-corrected chi connectivity index (χ0v) is 21.8. The van der Waals surface area contributed by atoms with E-state index in [4.69, 9.17) is 4.99 Å². The van der Waals surface area contributed by atoms with Gasteiger partial charge in [-0.1, -0.05) is 83.3 Å². The van der Waals surface area contributed by atoms with Gasteiger partial charge in [0, 0.05) is 13.3 Å². The number of amides is 1. The molecule has 0 aliphatic carbocycles. The number of allylic oxidation sites excluding steroid dienone is 2. The normalized spacial score (nSPS) is 18.4. The van der Waals surface area contributed by atoms with Crippen LogP contribution in [0.2, 0.25) is 0 Å². The molecule has 4 nitrogen and oxygen atoms in total. The van der Waals surface area contributed by atoms with Crippen molar-refractivity contribution in [2.45, 2.75) is 124 Å². The Labute approximate surface area is 199 Å². The number of quaternary nitrogens is 1. The van der Waals surface area contributed by atoms with Crippen molar-refractivity contribution in [2.24, 2.45) is 4.99 Å². The van der Waals surface area contributed by atoms with Gasteiger partial charge in [-0.15, -0.1) is 0 Å². The molecule has 1 aliphatic rings. The van der Waals surface area contributed by atoms with Crippen molar-refractivity contribution >= 4 is 11.7 Å². The van der Waals surface area contributed by atoms with Crippen LogP contribution >= 0.6 is 0 Å². The number of amidine groups is 1. The molecule has 0 aromatic carbocycles.